The van der Waals surface area contributed by atoms with E-state index in [0.29, 0.717) is 5.92 Å². The van der Waals surface area contributed by atoms with Crippen molar-refractivity contribution >= 4 is 17.3 Å². The molecule has 0 aliphatic rings. The molecule has 5 heteroatoms. The Morgan fingerprint density at radius 3 is 2.67 bits per heavy atom. The Hall–Kier alpha value is -1.03. The number of hydrogen-bond acceptors (Lipinski definition) is 3. The molecule has 0 saturated carbocycles. The quantitative estimate of drug-likeness (QED) is 0.808. The van der Waals surface area contributed by atoms with Gasteiger partial charge in [0.25, 0.3) is 5.56 Å². The largest absolute Gasteiger partial charge is 0.392 e. The third-order valence-electron chi connectivity index (χ3n) is 2.27. The molecule has 0 radical (unpaired) electrons. The highest BCUT2D eigenvalue weighted by atomic mass is 35.5. The number of anilines is 1. The average molecular weight is 230 g/mol. The lowest BCUT2D eigenvalue weighted by molar-refractivity contribution is 0.416. The second kappa shape index (κ2) is 4.66. The zero-order valence-corrected chi connectivity index (χ0v) is 9.95. The Labute approximate surface area is 94.1 Å². The van der Waals surface area contributed by atoms with Crippen molar-refractivity contribution in [3.8, 4) is 0 Å². The molecular weight excluding hydrogens is 214 g/mol. The normalized spacial score (nSPS) is 13.1. The molecule has 0 aliphatic carbocycles. The Morgan fingerprint density at radius 1 is 1.53 bits per heavy atom. The van der Waals surface area contributed by atoms with Crippen molar-refractivity contribution in [2.75, 3.05) is 5.73 Å². The number of nitrogen functional groups attached to an aromatic ring is 1. The molecule has 1 aromatic heterocycles. The van der Waals surface area contributed by atoms with Crippen molar-refractivity contribution in [2.24, 2.45) is 5.92 Å². The van der Waals surface area contributed by atoms with E-state index in [0.717, 1.165) is 6.42 Å². The molecule has 0 fully saturated rings. The first-order valence-corrected chi connectivity index (χ1v) is 5.33. The van der Waals surface area contributed by atoms with Crippen LogP contribution < -0.4 is 11.3 Å². The highest BCUT2D eigenvalue weighted by molar-refractivity contribution is 6.31. The molecule has 0 spiro atoms. The maximum absolute atomic E-state index is 11.7. The molecule has 2 N–H and O–H groups in total. The predicted octanol–water partition coefficient (Wildman–Crippen LogP) is 2.09. The lowest BCUT2D eigenvalue weighted by Gasteiger charge is -2.17. The molecule has 1 aromatic rings. The summed E-state index contributed by atoms with van der Waals surface area (Å²) in [7, 11) is 0. The van der Waals surface area contributed by atoms with Gasteiger partial charge in [0.05, 0.1) is 6.33 Å². The van der Waals surface area contributed by atoms with Crippen LogP contribution in [-0.2, 0) is 0 Å². The van der Waals surface area contributed by atoms with E-state index in [1.165, 1.54) is 10.9 Å². The second-order valence-corrected chi connectivity index (χ2v) is 4.50. The SMILES string of the molecule is CC(C)CC(C)n1cnc(Cl)c(N)c1=O. The summed E-state index contributed by atoms with van der Waals surface area (Å²) in [5, 5.41) is 0.0768. The van der Waals surface area contributed by atoms with Gasteiger partial charge < -0.3 is 5.73 Å². The van der Waals surface area contributed by atoms with Crippen molar-refractivity contribution in [2.45, 2.75) is 33.2 Å². The summed E-state index contributed by atoms with van der Waals surface area (Å²) in [6, 6.07) is 0.0876. The molecule has 1 atom stereocenters. The molecule has 0 aromatic carbocycles. The fraction of sp³-hybridized carbons (Fsp3) is 0.600. The molecule has 84 valence electrons. The van der Waals surface area contributed by atoms with Crippen LogP contribution in [0.25, 0.3) is 0 Å². The lowest BCUT2D eigenvalue weighted by atomic mass is 10.1. The van der Waals surface area contributed by atoms with Gasteiger partial charge in [0.2, 0.25) is 0 Å². The highest BCUT2D eigenvalue weighted by Gasteiger charge is 2.12. The average Bonchev–Trinajstić information content (AvgIpc) is 2.13. The smallest absolute Gasteiger partial charge is 0.278 e. The van der Waals surface area contributed by atoms with E-state index < -0.39 is 0 Å². The van der Waals surface area contributed by atoms with Crippen LogP contribution in [-0.4, -0.2) is 9.55 Å². The van der Waals surface area contributed by atoms with Crippen LogP contribution in [0.5, 0.6) is 0 Å². The van der Waals surface area contributed by atoms with Crippen molar-refractivity contribution in [3.05, 3.63) is 21.8 Å². The number of hydrogen-bond donors (Lipinski definition) is 1. The second-order valence-electron chi connectivity index (χ2n) is 4.14. The minimum Gasteiger partial charge on any atom is -0.392 e. The monoisotopic (exact) mass is 229 g/mol. The van der Waals surface area contributed by atoms with E-state index in [2.05, 4.69) is 18.8 Å². The molecule has 4 nitrogen and oxygen atoms in total. The Bertz CT molecular complexity index is 400. The Morgan fingerprint density at radius 2 is 2.13 bits per heavy atom. The minimum atomic E-state index is -0.261. The third-order valence-corrected chi connectivity index (χ3v) is 2.57. The molecule has 1 rings (SSSR count). The fourth-order valence-corrected chi connectivity index (χ4v) is 1.70. The molecule has 0 bridgehead atoms. The van der Waals surface area contributed by atoms with Gasteiger partial charge in [-0.05, 0) is 19.3 Å². The van der Waals surface area contributed by atoms with Crippen molar-refractivity contribution in [3.63, 3.8) is 0 Å². The summed E-state index contributed by atoms with van der Waals surface area (Å²) < 4.78 is 1.53. The van der Waals surface area contributed by atoms with Gasteiger partial charge in [-0.25, -0.2) is 4.98 Å². The van der Waals surface area contributed by atoms with Gasteiger partial charge in [0, 0.05) is 6.04 Å². The fourth-order valence-electron chi connectivity index (χ4n) is 1.57. The topological polar surface area (TPSA) is 60.9 Å². The van der Waals surface area contributed by atoms with Crippen LogP contribution in [0.2, 0.25) is 5.15 Å². The Balaban J connectivity index is 3.06. The van der Waals surface area contributed by atoms with Gasteiger partial charge in [-0.1, -0.05) is 25.4 Å². The number of nitrogens with zero attached hydrogens (tertiary/aromatic N) is 2. The number of nitrogens with two attached hydrogens (primary N) is 1. The van der Waals surface area contributed by atoms with Crippen molar-refractivity contribution in [1.82, 2.24) is 9.55 Å². The first-order chi connectivity index (χ1) is 6.93. The first-order valence-electron chi connectivity index (χ1n) is 4.95. The Kier molecular flexibility index (Phi) is 3.74. The van der Waals surface area contributed by atoms with Gasteiger partial charge in [-0.2, -0.15) is 0 Å². The molecular formula is C10H16ClN3O. The molecule has 0 amide bonds. The van der Waals surface area contributed by atoms with Crippen LogP contribution in [0.1, 0.15) is 33.2 Å². The lowest BCUT2D eigenvalue weighted by Crippen LogP contribution is -2.27. The van der Waals surface area contributed by atoms with Gasteiger partial charge >= 0.3 is 0 Å². The van der Waals surface area contributed by atoms with Crippen molar-refractivity contribution in [1.29, 1.82) is 0 Å². The molecule has 1 heterocycles. The van der Waals surface area contributed by atoms with E-state index >= 15 is 0 Å². The van der Waals surface area contributed by atoms with E-state index in [4.69, 9.17) is 17.3 Å². The first kappa shape index (κ1) is 12.0. The van der Waals surface area contributed by atoms with E-state index in [1.807, 2.05) is 6.92 Å². The predicted molar refractivity (Wildman–Crippen MR) is 62.1 cm³/mol. The maximum atomic E-state index is 11.7. The van der Waals surface area contributed by atoms with Crippen LogP contribution in [0.4, 0.5) is 5.69 Å². The molecule has 1 unspecified atom stereocenters. The minimum absolute atomic E-state index is 0.0229. The van der Waals surface area contributed by atoms with Crippen molar-refractivity contribution < 1.29 is 0 Å². The van der Waals surface area contributed by atoms with Gasteiger partial charge in [-0.15, -0.1) is 0 Å². The summed E-state index contributed by atoms with van der Waals surface area (Å²) in [5.41, 5.74) is 5.29. The number of halogens is 1. The highest BCUT2D eigenvalue weighted by Crippen LogP contribution is 2.16. The van der Waals surface area contributed by atoms with Gasteiger partial charge in [0.15, 0.2) is 5.15 Å². The van der Waals surface area contributed by atoms with E-state index in [-0.39, 0.29) is 22.4 Å². The number of aromatic nitrogens is 2. The van der Waals surface area contributed by atoms with E-state index in [1.54, 1.807) is 0 Å². The molecule has 0 aliphatic heterocycles. The van der Waals surface area contributed by atoms with Crippen LogP contribution in [0.15, 0.2) is 11.1 Å². The summed E-state index contributed by atoms with van der Waals surface area (Å²) in [4.78, 5) is 15.6. The molecule has 0 saturated heterocycles. The zero-order valence-electron chi connectivity index (χ0n) is 9.20. The maximum Gasteiger partial charge on any atom is 0.278 e. The number of rotatable bonds is 3. The summed E-state index contributed by atoms with van der Waals surface area (Å²) in [6.45, 7) is 6.18. The summed E-state index contributed by atoms with van der Waals surface area (Å²) >= 11 is 5.65. The molecule has 15 heavy (non-hydrogen) atoms. The third kappa shape index (κ3) is 2.72. The zero-order chi connectivity index (χ0) is 11.6. The van der Waals surface area contributed by atoms with Crippen LogP contribution >= 0.6 is 11.6 Å². The van der Waals surface area contributed by atoms with Gasteiger partial charge in [-0.3, -0.25) is 9.36 Å². The van der Waals surface area contributed by atoms with E-state index in [9.17, 15) is 4.79 Å². The summed E-state index contributed by atoms with van der Waals surface area (Å²) in [5.74, 6) is 0.517. The van der Waals surface area contributed by atoms with Crippen LogP contribution in [0, 0.1) is 5.92 Å². The summed E-state index contributed by atoms with van der Waals surface area (Å²) in [6.07, 6.45) is 2.36. The van der Waals surface area contributed by atoms with Gasteiger partial charge in [0.1, 0.15) is 5.69 Å². The standard InChI is InChI=1S/C10H16ClN3O/c1-6(2)4-7(3)14-5-13-9(11)8(12)10(14)15/h5-7H,4,12H2,1-3H3. The van der Waals surface area contributed by atoms with Crippen LogP contribution in [0.3, 0.4) is 0 Å².